The third kappa shape index (κ3) is 5.89. The molecule has 0 aliphatic rings. The van der Waals surface area contributed by atoms with E-state index in [2.05, 4.69) is 9.97 Å². The average Bonchev–Trinajstić information content (AvgIpc) is 2.42. The van der Waals surface area contributed by atoms with Gasteiger partial charge in [0.2, 0.25) is 11.8 Å². The van der Waals surface area contributed by atoms with E-state index in [1.54, 1.807) is 0 Å². The number of nitrogens with zero attached hydrogens (tertiary/aromatic N) is 2. The summed E-state index contributed by atoms with van der Waals surface area (Å²) in [5.74, 6) is 0.380. The first-order chi connectivity index (χ1) is 9.65. The van der Waals surface area contributed by atoms with Gasteiger partial charge in [-0.2, -0.15) is 9.97 Å². The van der Waals surface area contributed by atoms with Crippen LogP contribution in [0, 0.1) is 0 Å². The highest BCUT2D eigenvalue weighted by Crippen LogP contribution is 2.24. The van der Waals surface area contributed by atoms with Crippen molar-refractivity contribution < 1.29 is 14.2 Å². The maximum atomic E-state index is 5.68. The maximum absolute atomic E-state index is 5.68. The third-order valence-corrected chi connectivity index (χ3v) is 2.41. The first-order valence-electron chi connectivity index (χ1n) is 6.62. The first-order valence-corrected chi connectivity index (χ1v) is 6.62. The Morgan fingerprint density at radius 2 is 1.55 bits per heavy atom. The Bertz CT molecular complexity index is 403. The van der Waals surface area contributed by atoms with Crippen LogP contribution in [0.4, 0.5) is 17.5 Å². The summed E-state index contributed by atoms with van der Waals surface area (Å²) >= 11 is 0. The summed E-state index contributed by atoms with van der Waals surface area (Å²) in [6.45, 7) is 5.13. The molecule has 6 N–H and O–H groups in total. The highest BCUT2D eigenvalue weighted by molar-refractivity contribution is 5.65. The molecule has 0 spiro atoms. The number of hydrogen-bond acceptors (Lipinski definition) is 8. The van der Waals surface area contributed by atoms with Gasteiger partial charge in [0.05, 0.1) is 6.61 Å². The topological polar surface area (TPSA) is 132 Å². The molecule has 1 aromatic heterocycles. The number of nitrogen functional groups attached to an aromatic ring is 3. The molecule has 1 aromatic rings. The minimum absolute atomic E-state index is 0.0406. The number of ether oxygens (including phenoxy) is 3. The van der Waals surface area contributed by atoms with Crippen LogP contribution in [0.2, 0.25) is 0 Å². The normalized spacial score (nSPS) is 10.7. The smallest absolute Gasteiger partial charge is 0.244 e. The standard InChI is InChI=1S/C12H23N5O3/c1-2-18-5-3-6-19-7-4-8-20-11-9(13)10(14)16-12(15)17-11/h2-8,13H2,1H3,(H4,14,15,16,17). The fourth-order valence-electron chi connectivity index (χ4n) is 1.43. The molecular weight excluding hydrogens is 262 g/mol. The van der Waals surface area contributed by atoms with Gasteiger partial charge in [0, 0.05) is 32.8 Å². The van der Waals surface area contributed by atoms with Crippen molar-refractivity contribution in [2.75, 3.05) is 50.2 Å². The van der Waals surface area contributed by atoms with Crippen LogP contribution in [0.25, 0.3) is 0 Å². The van der Waals surface area contributed by atoms with Crippen LogP contribution in [0.15, 0.2) is 0 Å². The maximum Gasteiger partial charge on any atom is 0.244 e. The van der Waals surface area contributed by atoms with Gasteiger partial charge < -0.3 is 31.4 Å². The summed E-state index contributed by atoms with van der Waals surface area (Å²) < 4.78 is 16.0. The number of anilines is 3. The highest BCUT2D eigenvalue weighted by Gasteiger charge is 2.08. The molecule has 0 aliphatic heterocycles. The van der Waals surface area contributed by atoms with E-state index in [-0.39, 0.29) is 23.3 Å². The van der Waals surface area contributed by atoms with Crippen molar-refractivity contribution in [1.82, 2.24) is 9.97 Å². The van der Waals surface area contributed by atoms with E-state index in [1.807, 2.05) is 6.92 Å². The van der Waals surface area contributed by atoms with Gasteiger partial charge >= 0.3 is 0 Å². The second-order valence-corrected chi connectivity index (χ2v) is 4.05. The zero-order chi connectivity index (χ0) is 14.8. The lowest BCUT2D eigenvalue weighted by atomic mass is 10.4. The molecule has 8 nitrogen and oxygen atoms in total. The van der Waals surface area contributed by atoms with Gasteiger partial charge in [0.1, 0.15) is 5.69 Å². The Morgan fingerprint density at radius 1 is 0.900 bits per heavy atom. The lowest BCUT2D eigenvalue weighted by molar-refractivity contribution is 0.0817. The number of aromatic nitrogens is 2. The summed E-state index contributed by atoms with van der Waals surface area (Å²) in [4.78, 5) is 7.61. The largest absolute Gasteiger partial charge is 0.476 e. The van der Waals surface area contributed by atoms with Crippen LogP contribution in [0.3, 0.4) is 0 Å². The van der Waals surface area contributed by atoms with Gasteiger partial charge in [0.15, 0.2) is 5.82 Å². The molecule has 8 heteroatoms. The van der Waals surface area contributed by atoms with E-state index < -0.39 is 0 Å². The third-order valence-electron chi connectivity index (χ3n) is 2.41. The van der Waals surface area contributed by atoms with Crippen molar-refractivity contribution in [2.24, 2.45) is 0 Å². The van der Waals surface area contributed by atoms with Crippen LogP contribution in [0.5, 0.6) is 5.88 Å². The Balaban J connectivity index is 2.13. The molecule has 0 atom stereocenters. The van der Waals surface area contributed by atoms with Crippen molar-refractivity contribution >= 4 is 17.5 Å². The molecule has 20 heavy (non-hydrogen) atoms. The summed E-state index contributed by atoms with van der Waals surface area (Å²) in [5.41, 5.74) is 16.9. The van der Waals surface area contributed by atoms with Gasteiger partial charge in [-0.3, -0.25) is 0 Å². The summed E-state index contributed by atoms with van der Waals surface area (Å²) in [7, 11) is 0. The fraction of sp³-hybridized carbons (Fsp3) is 0.667. The molecule has 0 saturated carbocycles. The van der Waals surface area contributed by atoms with E-state index in [1.165, 1.54) is 0 Å². The molecule has 0 radical (unpaired) electrons. The van der Waals surface area contributed by atoms with Crippen molar-refractivity contribution in [3.8, 4) is 5.88 Å². The molecule has 0 saturated heterocycles. The predicted octanol–water partition coefficient (Wildman–Crippen LogP) is 0.435. The van der Waals surface area contributed by atoms with Crippen LogP contribution in [-0.4, -0.2) is 43.0 Å². The Hall–Kier alpha value is -1.80. The molecule has 1 rings (SSSR count). The Kier molecular flexibility index (Phi) is 7.44. The van der Waals surface area contributed by atoms with Crippen molar-refractivity contribution in [2.45, 2.75) is 19.8 Å². The Labute approximate surface area is 118 Å². The lowest BCUT2D eigenvalue weighted by Crippen LogP contribution is -2.10. The van der Waals surface area contributed by atoms with Crippen LogP contribution >= 0.6 is 0 Å². The van der Waals surface area contributed by atoms with E-state index >= 15 is 0 Å². The molecule has 0 fully saturated rings. The van der Waals surface area contributed by atoms with Crippen molar-refractivity contribution in [1.29, 1.82) is 0 Å². The quantitative estimate of drug-likeness (QED) is 0.527. The molecule has 114 valence electrons. The second kappa shape index (κ2) is 9.16. The van der Waals surface area contributed by atoms with Crippen LogP contribution in [0.1, 0.15) is 19.8 Å². The van der Waals surface area contributed by atoms with Gasteiger partial charge in [-0.25, -0.2) is 0 Å². The minimum Gasteiger partial charge on any atom is -0.476 e. The lowest BCUT2D eigenvalue weighted by Gasteiger charge is -2.09. The van der Waals surface area contributed by atoms with Crippen molar-refractivity contribution in [3.05, 3.63) is 0 Å². The number of hydrogen-bond donors (Lipinski definition) is 3. The minimum atomic E-state index is 0.0406. The molecule has 0 bridgehead atoms. The fourth-order valence-corrected chi connectivity index (χ4v) is 1.43. The van der Waals surface area contributed by atoms with Gasteiger partial charge in [0.25, 0.3) is 0 Å². The predicted molar refractivity (Wildman–Crippen MR) is 77.3 cm³/mol. The number of nitrogens with two attached hydrogens (primary N) is 3. The van der Waals surface area contributed by atoms with E-state index in [0.717, 1.165) is 26.1 Å². The summed E-state index contributed by atoms with van der Waals surface area (Å²) in [6, 6.07) is 0. The van der Waals surface area contributed by atoms with Crippen molar-refractivity contribution in [3.63, 3.8) is 0 Å². The molecule has 0 aromatic carbocycles. The van der Waals surface area contributed by atoms with Gasteiger partial charge in [-0.15, -0.1) is 0 Å². The second-order valence-electron chi connectivity index (χ2n) is 4.05. The molecule has 1 heterocycles. The zero-order valence-corrected chi connectivity index (χ0v) is 11.8. The molecular formula is C12H23N5O3. The average molecular weight is 285 g/mol. The zero-order valence-electron chi connectivity index (χ0n) is 11.8. The van der Waals surface area contributed by atoms with E-state index in [0.29, 0.717) is 19.8 Å². The summed E-state index contributed by atoms with van der Waals surface area (Å²) in [6.07, 6.45) is 1.61. The number of rotatable bonds is 10. The van der Waals surface area contributed by atoms with Crippen LogP contribution in [-0.2, 0) is 9.47 Å². The highest BCUT2D eigenvalue weighted by atomic mass is 16.5. The summed E-state index contributed by atoms with van der Waals surface area (Å²) in [5, 5.41) is 0. The van der Waals surface area contributed by atoms with Gasteiger partial charge in [-0.05, 0) is 13.3 Å². The molecule has 0 aliphatic carbocycles. The first kappa shape index (κ1) is 16.3. The molecule has 0 amide bonds. The SMILES string of the molecule is CCOCCCOCCCOc1nc(N)nc(N)c1N. The Morgan fingerprint density at radius 3 is 2.25 bits per heavy atom. The van der Waals surface area contributed by atoms with E-state index in [9.17, 15) is 0 Å². The van der Waals surface area contributed by atoms with Crippen LogP contribution < -0.4 is 21.9 Å². The monoisotopic (exact) mass is 285 g/mol. The molecule has 0 unspecified atom stereocenters. The van der Waals surface area contributed by atoms with E-state index in [4.69, 9.17) is 31.4 Å². The van der Waals surface area contributed by atoms with Gasteiger partial charge in [-0.1, -0.05) is 0 Å².